The average molecular weight is 298 g/mol. The van der Waals surface area contributed by atoms with Gasteiger partial charge in [0.25, 0.3) is 5.88 Å². The number of aryl methyl sites for hydroxylation is 2. The van der Waals surface area contributed by atoms with Crippen LogP contribution in [-0.4, -0.2) is 9.78 Å². The summed E-state index contributed by atoms with van der Waals surface area (Å²) in [5, 5.41) is 13.7. The molecule has 0 bridgehead atoms. The fourth-order valence-electron chi connectivity index (χ4n) is 2.23. The Hall–Kier alpha value is -2.48. The Kier molecular flexibility index (Phi) is 4.14. The highest BCUT2D eigenvalue weighted by Gasteiger charge is 2.24. The average Bonchev–Trinajstić information content (AvgIpc) is 2.76. The maximum absolute atomic E-state index is 9.31. The minimum atomic E-state index is -0.309. The summed E-state index contributed by atoms with van der Waals surface area (Å²) in [7, 11) is 0. The van der Waals surface area contributed by atoms with Crippen molar-refractivity contribution >= 4 is 5.82 Å². The number of nitrogen functional groups attached to an aromatic ring is 1. The molecule has 1 aromatic carbocycles. The van der Waals surface area contributed by atoms with Gasteiger partial charge in [-0.15, -0.1) is 5.10 Å². The van der Waals surface area contributed by atoms with E-state index in [1.165, 1.54) is 5.56 Å². The lowest BCUT2D eigenvalue weighted by Gasteiger charge is -2.20. The second kappa shape index (κ2) is 5.72. The summed E-state index contributed by atoms with van der Waals surface area (Å²) in [6.45, 7) is 10.4. The first-order valence-corrected chi connectivity index (χ1v) is 7.22. The van der Waals surface area contributed by atoms with Crippen LogP contribution in [0.5, 0.6) is 5.88 Å². The van der Waals surface area contributed by atoms with Crippen LogP contribution in [0.25, 0.3) is 0 Å². The van der Waals surface area contributed by atoms with E-state index in [9.17, 15) is 5.26 Å². The van der Waals surface area contributed by atoms with Crippen LogP contribution >= 0.6 is 0 Å². The van der Waals surface area contributed by atoms with Gasteiger partial charge in [0.2, 0.25) is 0 Å². The number of nitrogens with two attached hydrogens (primary N) is 1. The topological polar surface area (TPSA) is 76.9 Å². The van der Waals surface area contributed by atoms with E-state index in [2.05, 4.69) is 29.4 Å². The molecule has 0 fully saturated rings. The molecule has 2 aromatic rings. The van der Waals surface area contributed by atoms with Crippen molar-refractivity contribution in [3.8, 4) is 11.9 Å². The van der Waals surface area contributed by atoms with Gasteiger partial charge in [-0.25, -0.2) is 4.68 Å². The molecule has 0 unspecified atom stereocenters. The van der Waals surface area contributed by atoms with E-state index < -0.39 is 0 Å². The fourth-order valence-corrected chi connectivity index (χ4v) is 2.23. The van der Waals surface area contributed by atoms with Gasteiger partial charge < -0.3 is 10.5 Å². The Morgan fingerprint density at radius 3 is 2.59 bits per heavy atom. The molecule has 0 radical (unpaired) electrons. The van der Waals surface area contributed by atoms with Crippen molar-refractivity contribution in [2.45, 2.75) is 46.8 Å². The maximum atomic E-state index is 9.31. The Labute approximate surface area is 131 Å². The van der Waals surface area contributed by atoms with Crippen LogP contribution in [0.4, 0.5) is 5.82 Å². The summed E-state index contributed by atoms with van der Waals surface area (Å²) in [6.07, 6.45) is 0. The summed E-state index contributed by atoms with van der Waals surface area (Å²) < 4.78 is 7.40. The largest absolute Gasteiger partial charge is 0.471 e. The SMILES string of the molecule is Cc1ccc(C)c(COc2nn(C(C)(C)C)c(N)c2C#N)c1. The normalized spacial score (nSPS) is 11.3. The number of hydrogen-bond donors (Lipinski definition) is 1. The van der Waals surface area contributed by atoms with E-state index in [4.69, 9.17) is 10.5 Å². The number of anilines is 1. The van der Waals surface area contributed by atoms with Crippen molar-refractivity contribution < 1.29 is 4.74 Å². The summed E-state index contributed by atoms with van der Waals surface area (Å²) in [5.74, 6) is 0.627. The number of rotatable bonds is 3. The second-order valence-corrected chi connectivity index (χ2v) is 6.48. The molecule has 0 aliphatic rings. The van der Waals surface area contributed by atoms with Crippen molar-refractivity contribution in [3.63, 3.8) is 0 Å². The summed E-state index contributed by atoms with van der Waals surface area (Å²) in [6, 6.07) is 8.28. The third-order valence-corrected chi connectivity index (χ3v) is 3.51. The fraction of sp³-hybridized carbons (Fsp3) is 0.412. The van der Waals surface area contributed by atoms with Gasteiger partial charge in [-0.2, -0.15) is 5.26 Å². The molecule has 0 aliphatic carbocycles. The van der Waals surface area contributed by atoms with E-state index >= 15 is 0 Å². The van der Waals surface area contributed by atoms with Gasteiger partial charge in [0.1, 0.15) is 18.5 Å². The maximum Gasteiger partial charge on any atom is 0.253 e. The number of ether oxygens (including phenoxy) is 1. The highest BCUT2D eigenvalue weighted by atomic mass is 16.5. The standard InChI is InChI=1S/C17H22N4O/c1-11-6-7-12(2)13(8-11)10-22-16-14(9-18)15(19)21(20-16)17(3,4)5/h6-8H,10,19H2,1-5H3. The van der Waals surface area contributed by atoms with Crippen LogP contribution in [0.2, 0.25) is 0 Å². The highest BCUT2D eigenvalue weighted by molar-refractivity contribution is 5.55. The molecule has 0 spiro atoms. The Morgan fingerprint density at radius 2 is 2.00 bits per heavy atom. The van der Waals surface area contributed by atoms with Gasteiger partial charge in [-0.05, 0) is 45.7 Å². The van der Waals surface area contributed by atoms with E-state index in [1.807, 2.05) is 34.6 Å². The van der Waals surface area contributed by atoms with Gasteiger partial charge in [0.05, 0.1) is 5.54 Å². The van der Waals surface area contributed by atoms with E-state index in [0.717, 1.165) is 11.1 Å². The van der Waals surface area contributed by atoms with Gasteiger partial charge in [0.15, 0.2) is 5.56 Å². The number of aromatic nitrogens is 2. The molecular formula is C17H22N4O. The lowest BCUT2D eigenvalue weighted by atomic mass is 10.1. The van der Waals surface area contributed by atoms with Crippen LogP contribution in [0.15, 0.2) is 18.2 Å². The molecule has 0 atom stereocenters. The van der Waals surface area contributed by atoms with Crippen LogP contribution < -0.4 is 10.5 Å². The molecule has 2 N–H and O–H groups in total. The first-order valence-electron chi connectivity index (χ1n) is 7.22. The predicted molar refractivity (Wildman–Crippen MR) is 86.6 cm³/mol. The first-order chi connectivity index (χ1) is 10.2. The van der Waals surface area contributed by atoms with E-state index in [-0.39, 0.29) is 11.4 Å². The lowest BCUT2D eigenvalue weighted by molar-refractivity contribution is 0.276. The number of nitriles is 1. The van der Waals surface area contributed by atoms with Crippen molar-refractivity contribution in [2.75, 3.05) is 5.73 Å². The third-order valence-electron chi connectivity index (χ3n) is 3.51. The van der Waals surface area contributed by atoms with Crippen LogP contribution in [-0.2, 0) is 12.1 Å². The third kappa shape index (κ3) is 3.06. The van der Waals surface area contributed by atoms with E-state index in [1.54, 1.807) is 4.68 Å². The van der Waals surface area contributed by atoms with Crippen molar-refractivity contribution in [2.24, 2.45) is 0 Å². The van der Waals surface area contributed by atoms with Crippen molar-refractivity contribution in [1.82, 2.24) is 9.78 Å². The molecule has 1 aromatic heterocycles. The molecule has 2 rings (SSSR count). The first kappa shape index (κ1) is 15.9. The minimum absolute atomic E-state index is 0.288. The lowest BCUT2D eigenvalue weighted by Crippen LogP contribution is -2.24. The summed E-state index contributed by atoms with van der Waals surface area (Å²) >= 11 is 0. The van der Waals surface area contributed by atoms with Crippen molar-refractivity contribution in [3.05, 3.63) is 40.5 Å². The van der Waals surface area contributed by atoms with Crippen LogP contribution in [0.1, 0.15) is 43.0 Å². The number of hydrogen-bond acceptors (Lipinski definition) is 4. The zero-order valence-electron chi connectivity index (χ0n) is 13.8. The zero-order valence-corrected chi connectivity index (χ0v) is 13.8. The van der Waals surface area contributed by atoms with Gasteiger partial charge >= 0.3 is 0 Å². The number of nitrogens with zero attached hydrogens (tertiary/aromatic N) is 3. The summed E-state index contributed by atoms with van der Waals surface area (Å²) in [4.78, 5) is 0. The molecule has 0 saturated carbocycles. The van der Waals surface area contributed by atoms with Gasteiger partial charge in [0, 0.05) is 0 Å². The molecule has 116 valence electrons. The minimum Gasteiger partial charge on any atom is -0.471 e. The molecular weight excluding hydrogens is 276 g/mol. The van der Waals surface area contributed by atoms with Crippen LogP contribution in [0, 0.1) is 25.2 Å². The Morgan fingerprint density at radius 1 is 1.32 bits per heavy atom. The molecule has 5 heteroatoms. The van der Waals surface area contributed by atoms with Crippen LogP contribution in [0.3, 0.4) is 0 Å². The van der Waals surface area contributed by atoms with Gasteiger partial charge in [-0.3, -0.25) is 0 Å². The molecule has 1 heterocycles. The molecule has 22 heavy (non-hydrogen) atoms. The molecule has 0 aliphatic heterocycles. The highest BCUT2D eigenvalue weighted by Crippen LogP contribution is 2.29. The second-order valence-electron chi connectivity index (χ2n) is 6.48. The smallest absolute Gasteiger partial charge is 0.253 e. The Bertz CT molecular complexity index is 732. The zero-order chi connectivity index (χ0) is 16.5. The van der Waals surface area contributed by atoms with Gasteiger partial charge in [-0.1, -0.05) is 23.8 Å². The van der Waals surface area contributed by atoms with Crippen molar-refractivity contribution in [1.29, 1.82) is 5.26 Å². The Balaban J connectivity index is 2.31. The predicted octanol–water partition coefficient (Wildman–Crippen LogP) is 3.29. The summed E-state index contributed by atoms with van der Waals surface area (Å²) in [5.41, 5.74) is 9.40. The molecule has 0 saturated heterocycles. The molecule has 5 nitrogen and oxygen atoms in total. The molecule has 0 amide bonds. The monoisotopic (exact) mass is 298 g/mol. The number of benzene rings is 1. The van der Waals surface area contributed by atoms with E-state index in [0.29, 0.717) is 18.0 Å². The quantitative estimate of drug-likeness (QED) is 0.943.